The SMILES string of the molecule is CNC(=O)NC.CNC(=O)OC.COC(C)=O. The summed E-state index contributed by atoms with van der Waals surface area (Å²) in [5, 5.41) is 6.98. The molecule has 0 saturated heterocycles. The molecule has 0 aliphatic rings. The van der Waals surface area contributed by atoms with Gasteiger partial charge in [0, 0.05) is 28.1 Å². The number of amides is 3. The van der Waals surface area contributed by atoms with E-state index in [2.05, 4.69) is 25.4 Å². The first-order valence-corrected chi connectivity index (χ1v) is 4.59. The van der Waals surface area contributed by atoms with E-state index in [0.29, 0.717) is 0 Å². The van der Waals surface area contributed by atoms with Crippen molar-refractivity contribution in [3.05, 3.63) is 0 Å². The van der Waals surface area contributed by atoms with Gasteiger partial charge in [0.2, 0.25) is 0 Å². The topological polar surface area (TPSA) is 106 Å². The van der Waals surface area contributed by atoms with Crippen LogP contribution < -0.4 is 16.0 Å². The summed E-state index contributed by atoms with van der Waals surface area (Å²) in [5.41, 5.74) is 0. The average Bonchev–Trinajstić information content (AvgIpc) is 2.37. The Hall–Kier alpha value is -1.99. The number of urea groups is 1. The van der Waals surface area contributed by atoms with E-state index >= 15 is 0 Å². The Kier molecular flexibility index (Phi) is 19.8. The smallest absolute Gasteiger partial charge is 0.406 e. The van der Waals surface area contributed by atoms with Gasteiger partial charge in [0.1, 0.15) is 0 Å². The van der Waals surface area contributed by atoms with Crippen LogP contribution in [0, 0.1) is 0 Å². The molecule has 17 heavy (non-hydrogen) atoms. The molecule has 8 heteroatoms. The summed E-state index contributed by atoms with van der Waals surface area (Å²) in [6.07, 6.45) is -0.407. The molecule has 0 saturated carbocycles. The van der Waals surface area contributed by atoms with E-state index in [0.717, 1.165) is 0 Å². The van der Waals surface area contributed by atoms with Crippen molar-refractivity contribution in [3.8, 4) is 0 Å². The van der Waals surface area contributed by atoms with E-state index in [4.69, 9.17) is 0 Å². The van der Waals surface area contributed by atoms with Gasteiger partial charge in [0.05, 0.1) is 14.2 Å². The van der Waals surface area contributed by atoms with Crippen molar-refractivity contribution in [2.45, 2.75) is 6.92 Å². The molecule has 0 spiro atoms. The first-order valence-electron chi connectivity index (χ1n) is 4.59. The Morgan fingerprint density at radius 2 is 1.18 bits per heavy atom. The van der Waals surface area contributed by atoms with Crippen LogP contribution in [0.1, 0.15) is 6.92 Å². The normalized spacial score (nSPS) is 6.94. The second-order valence-corrected chi connectivity index (χ2v) is 2.27. The lowest BCUT2D eigenvalue weighted by Gasteiger charge is -1.91. The summed E-state index contributed by atoms with van der Waals surface area (Å²) < 4.78 is 8.26. The monoisotopic (exact) mass is 251 g/mol. The van der Waals surface area contributed by atoms with Crippen LogP contribution in [0.4, 0.5) is 9.59 Å². The zero-order valence-corrected chi connectivity index (χ0v) is 11.0. The van der Waals surface area contributed by atoms with Crippen molar-refractivity contribution in [2.24, 2.45) is 0 Å². The Bertz CT molecular complexity index is 193. The minimum absolute atomic E-state index is 0.157. The number of hydrogen-bond donors (Lipinski definition) is 3. The van der Waals surface area contributed by atoms with E-state index in [1.807, 2.05) is 0 Å². The van der Waals surface area contributed by atoms with Crippen molar-refractivity contribution in [1.29, 1.82) is 0 Å². The van der Waals surface area contributed by atoms with Crippen LogP contribution in [0.2, 0.25) is 0 Å². The van der Waals surface area contributed by atoms with Crippen LogP contribution in [0.25, 0.3) is 0 Å². The van der Waals surface area contributed by atoms with Gasteiger partial charge in [-0.1, -0.05) is 0 Å². The van der Waals surface area contributed by atoms with Crippen molar-refractivity contribution in [1.82, 2.24) is 16.0 Å². The van der Waals surface area contributed by atoms with E-state index in [1.54, 1.807) is 14.1 Å². The van der Waals surface area contributed by atoms with Crippen LogP contribution in [-0.2, 0) is 14.3 Å². The largest absolute Gasteiger partial charge is 0.469 e. The molecule has 3 amide bonds. The molecule has 0 unspecified atom stereocenters. The second-order valence-electron chi connectivity index (χ2n) is 2.27. The van der Waals surface area contributed by atoms with E-state index in [9.17, 15) is 14.4 Å². The van der Waals surface area contributed by atoms with Gasteiger partial charge in [-0.3, -0.25) is 4.79 Å². The Labute approximate surface area is 101 Å². The molecular weight excluding hydrogens is 230 g/mol. The number of carbonyl (C=O) groups excluding carboxylic acids is 3. The van der Waals surface area contributed by atoms with E-state index in [1.165, 1.54) is 28.2 Å². The highest BCUT2D eigenvalue weighted by atomic mass is 16.5. The van der Waals surface area contributed by atoms with Crippen LogP contribution >= 0.6 is 0 Å². The van der Waals surface area contributed by atoms with Crippen LogP contribution in [0.5, 0.6) is 0 Å². The maximum atomic E-state index is 9.96. The maximum Gasteiger partial charge on any atom is 0.406 e. The summed E-state index contributed by atoms with van der Waals surface area (Å²) in [5.74, 6) is -0.245. The molecule has 0 aromatic rings. The Morgan fingerprint density at radius 3 is 1.18 bits per heavy atom. The van der Waals surface area contributed by atoms with Crippen molar-refractivity contribution >= 4 is 18.1 Å². The molecule has 102 valence electrons. The summed E-state index contributed by atoms with van der Waals surface area (Å²) in [7, 11) is 7.31. The minimum atomic E-state index is -0.407. The molecule has 0 aromatic carbocycles. The number of methoxy groups -OCH3 is 2. The molecule has 0 aliphatic carbocycles. The summed E-state index contributed by atoms with van der Waals surface area (Å²) in [6, 6.07) is -0.157. The predicted octanol–water partition coefficient (Wildman–Crippen LogP) is -0.303. The van der Waals surface area contributed by atoms with Crippen LogP contribution in [0.15, 0.2) is 0 Å². The maximum absolute atomic E-state index is 9.96. The third kappa shape index (κ3) is 31.5. The standard InChI is InChI=1S/C3H8N2O.C3H7NO2.C3H6O2/c1-4-3(6)5-2;1-4-3(5)6-2;1-3(4)5-2/h1-2H3,(H2,4,5,6);1-2H3,(H,4,5);1-2H3. The fourth-order valence-electron chi connectivity index (χ4n) is 0.227. The number of rotatable bonds is 0. The first kappa shape index (κ1) is 20.4. The quantitative estimate of drug-likeness (QED) is 0.512. The molecule has 0 rings (SSSR count). The molecule has 0 atom stereocenters. The second kappa shape index (κ2) is 16.4. The molecule has 0 bridgehead atoms. The van der Waals surface area contributed by atoms with Gasteiger partial charge >= 0.3 is 18.1 Å². The number of esters is 1. The summed E-state index contributed by atoms with van der Waals surface area (Å²) in [6.45, 7) is 1.36. The fourth-order valence-corrected chi connectivity index (χ4v) is 0.227. The molecule has 3 N–H and O–H groups in total. The van der Waals surface area contributed by atoms with E-state index < -0.39 is 6.09 Å². The number of carbonyl (C=O) groups is 3. The Balaban J connectivity index is -0.000000174. The van der Waals surface area contributed by atoms with E-state index in [-0.39, 0.29) is 12.0 Å². The van der Waals surface area contributed by atoms with Crippen molar-refractivity contribution < 1.29 is 23.9 Å². The average molecular weight is 251 g/mol. The molecule has 8 nitrogen and oxygen atoms in total. The third-order valence-electron chi connectivity index (χ3n) is 1.13. The lowest BCUT2D eigenvalue weighted by atomic mass is 10.8. The number of alkyl carbamates (subject to hydrolysis) is 1. The minimum Gasteiger partial charge on any atom is -0.469 e. The van der Waals surface area contributed by atoms with Crippen LogP contribution in [-0.4, -0.2) is 53.5 Å². The van der Waals surface area contributed by atoms with Gasteiger partial charge < -0.3 is 25.4 Å². The molecule has 0 fully saturated rings. The predicted molar refractivity (Wildman–Crippen MR) is 62.7 cm³/mol. The Morgan fingerprint density at radius 1 is 0.824 bits per heavy atom. The van der Waals surface area contributed by atoms with Crippen molar-refractivity contribution in [2.75, 3.05) is 35.4 Å². The number of ether oxygens (including phenoxy) is 2. The highest BCUT2D eigenvalue weighted by molar-refractivity contribution is 5.72. The molecule has 0 radical (unpaired) electrons. The van der Waals surface area contributed by atoms with Crippen molar-refractivity contribution in [3.63, 3.8) is 0 Å². The van der Waals surface area contributed by atoms with Crippen LogP contribution in [0.3, 0.4) is 0 Å². The fraction of sp³-hybridized carbons (Fsp3) is 0.667. The summed E-state index contributed by atoms with van der Waals surface area (Å²) >= 11 is 0. The molecule has 0 heterocycles. The lowest BCUT2D eigenvalue weighted by molar-refractivity contribution is -0.137. The van der Waals surface area contributed by atoms with Gasteiger partial charge in [0.15, 0.2) is 0 Å². The highest BCUT2D eigenvalue weighted by Gasteiger charge is 1.85. The van der Waals surface area contributed by atoms with Gasteiger partial charge in [-0.05, 0) is 0 Å². The third-order valence-corrected chi connectivity index (χ3v) is 1.13. The first-order chi connectivity index (χ1) is 7.89. The molecule has 0 aromatic heterocycles. The van der Waals surface area contributed by atoms with Gasteiger partial charge in [-0.15, -0.1) is 0 Å². The van der Waals surface area contributed by atoms with Gasteiger partial charge in [-0.2, -0.15) is 0 Å². The number of nitrogens with one attached hydrogen (secondary N) is 3. The number of hydrogen-bond acceptors (Lipinski definition) is 5. The summed E-state index contributed by atoms with van der Waals surface area (Å²) in [4.78, 5) is 29.4. The van der Waals surface area contributed by atoms with Gasteiger partial charge in [0.25, 0.3) is 0 Å². The molecular formula is C9H21N3O5. The zero-order chi connectivity index (χ0) is 14.3. The zero-order valence-electron chi connectivity index (χ0n) is 11.0. The van der Waals surface area contributed by atoms with Gasteiger partial charge in [-0.25, -0.2) is 9.59 Å². The highest BCUT2D eigenvalue weighted by Crippen LogP contribution is 1.62. The lowest BCUT2D eigenvalue weighted by Crippen LogP contribution is -2.28. The molecule has 0 aliphatic heterocycles.